The van der Waals surface area contributed by atoms with Crippen molar-refractivity contribution in [1.29, 1.82) is 0 Å². The number of nitrogens with one attached hydrogen (secondary N) is 1. The van der Waals surface area contributed by atoms with Crippen molar-refractivity contribution >= 4 is 16.9 Å². The molecular formula is C25H24F3NO5. The highest BCUT2D eigenvalue weighted by Gasteiger charge is 2.31. The maximum atomic E-state index is 13.1. The zero-order chi connectivity index (χ0) is 25.4. The normalized spacial score (nSPS) is 12.9. The summed E-state index contributed by atoms with van der Waals surface area (Å²) in [6, 6.07) is 8.11. The molecule has 3 aromatic rings. The Balaban J connectivity index is 2.03. The Hall–Kier alpha value is -3.75. The van der Waals surface area contributed by atoms with Crippen molar-refractivity contribution in [3.8, 4) is 16.9 Å². The molecule has 0 fully saturated rings. The van der Waals surface area contributed by atoms with Gasteiger partial charge in [0.2, 0.25) is 0 Å². The summed E-state index contributed by atoms with van der Waals surface area (Å²) >= 11 is 0. The minimum atomic E-state index is -4.56. The summed E-state index contributed by atoms with van der Waals surface area (Å²) in [4.78, 5) is 25.4. The van der Waals surface area contributed by atoms with Crippen molar-refractivity contribution in [2.75, 3.05) is 0 Å². The average Bonchev–Trinajstić information content (AvgIpc) is 2.71. The van der Waals surface area contributed by atoms with E-state index in [1.807, 2.05) is 0 Å². The number of ether oxygens (including phenoxy) is 1. The lowest BCUT2D eigenvalue weighted by Gasteiger charge is -2.26. The average molecular weight is 475 g/mol. The van der Waals surface area contributed by atoms with Crippen LogP contribution in [0.1, 0.15) is 43.6 Å². The summed E-state index contributed by atoms with van der Waals surface area (Å²) in [7, 11) is 0. The van der Waals surface area contributed by atoms with Gasteiger partial charge in [0.15, 0.2) is 5.56 Å². The van der Waals surface area contributed by atoms with E-state index in [1.165, 1.54) is 30.3 Å². The van der Waals surface area contributed by atoms with E-state index in [0.717, 1.165) is 12.1 Å². The van der Waals surface area contributed by atoms with Gasteiger partial charge in [0, 0.05) is 5.56 Å². The van der Waals surface area contributed by atoms with Crippen LogP contribution in [0.15, 0.2) is 64.0 Å². The molecule has 1 heterocycles. The second-order valence-electron chi connectivity index (χ2n) is 8.75. The summed E-state index contributed by atoms with van der Waals surface area (Å²) in [5.74, 6) is -1.31. The molecular weight excluding hydrogens is 451 g/mol. The number of hydrogen-bond donors (Lipinski definition) is 2. The largest absolute Gasteiger partial charge is 0.506 e. The number of alkyl halides is 3. The number of aromatic hydroxyl groups is 1. The number of amides is 1. The molecule has 1 aromatic heterocycles. The number of carbonyl (C=O) groups excluding carboxylic acids is 1. The third-order valence-corrected chi connectivity index (χ3v) is 4.90. The van der Waals surface area contributed by atoms with Crippen LogP contribution in [-0.4, -0.2) is 22.7 Å². The Morgan fingerprint density at radius 1 is 1.15 bits per heavy atom. The van der Waals surface area contributed by atoms with Gasteiger partial charge in [-0.05, 0) is 51.5 Å². The lowest BCUT2D eigenvalue weighted by molar-refractivity contribution is -0.137. The molecule has 3 rings (SSSR count). The van der Waals surface area contributed by atoms with Crippen molar-refractivity contribution in [3.05, 3.63) is 76.3 Å². The summed E-state index contributed by atoms with van der Waals surface area (Å²) in [5.41, 5.74) is -3.07. The Bertz CT molecular complexity index is 1320. The van der Waals surface area contributed by atoms with Gasteiger partial charge in [0.05, 0.1) is 17.0 Å². The monoisotopic (exact) mass is 475 g/mol. The minimum absolute atomic E-state index is 0.00270. The molecule has 0 saturated carbocycles. The third kappa shape index (κ3) is 5.24. The van der Waals surface area contributed by atoms with Gasteiger partial charge in [-0.25, -0.2) is 4.79 Å². The number of hydrogen-bond acceptors (Lipinski definition) is 5. The summed E-state index contributed by atoms with van der Waals surface area (Å²) in [6.45, 7) is 10.8. The number of para-hydroxylation sites is 1. The molecule has 6 nitrogen and oxygen atoms in total. The van der Waals surface area contributed by atoms with Crippen LogP contribution in [0.25, 0.3) is 22.1 Å². The van der Waals surface area contributed by atoms with Gasteiger partial charge in [-0.2, -0.15) is 13.2 Å². The standard InChI is InChI=1S/C25H24F3NO5/c1-13(14(2)34-24(3,4)5)29-22(31)19-20(30)18-11-7-10-17(21(18)33-23(19)32)15-8-6-9-16(12-15)25(26,27)28/h6-13,30H,2H2,1,3-5H3,(H,29,31)/t13-/m0/s1. The first-order chi connectivity index (χ1) is 15.7. The van der Waals surface area contributed by atoms with Gasteiger partial charge in [0.25, 0.3) is 5.91 Å². The molecule has 0 saturated heterocycles. The van der Waals surface area contributed by atoms with Crippen molar-refractivity contribution in [2.45, 2.75) is 45.5 Å². The lowest BCUT2D eigenvalue weighted by Crippen LogP contribution is -2.38. The Kier molecular flexibility index (Phi) is 6.50. The minimum Gasteiger partial charge on any atom is -0.506 e. The second-order valence-corrected chi connectivity index (χ2v) is 8.75. The van der Waals surface area contributed by atoms with Crippen LogP contribution in [0.5, 0.6) is 5.75 Å². The third-order valence-electron chi connectivity index (χ3n) is 4.90. The molecule has 0 aliphatic rings. The van der Waals surface area contributed by atoms with Gasteiger partial charge in [0.1, 0.15) is 22.7 Å². The maximum Gasteiger partial charge on any atom is 0.416 e. The van der Waals surface area contributed by atoms with Gasteiger partial charge in [-0.3, -0.25) is 4.79 Å². The number of rotatable bonds is 5. The molecule has 180 valence electrons. The quantitative estimate of drug-likeness (QED) is 0.369. The first-order valence-electron chi connectivity index (χ1n) is 10.3. The van der Waals surface area contributed by atoms with E-state index in [2.05, 4.69) is 11.9 Å². The molecule has 1 amide bonds. The molecule has 0 radical (unpaired) electrons. The van der Waals surface area contributed by atoms with Crippen molar-refractivity contribution in [1.82, 2.24) is 5.32 Å². The predicted molar refractivity (Wildman–Crippen MR) is 121 cm³/mol. The van der Waals surface area contributed by atoms with Crippen LogP contribution in [0.2, 0.25) is 0 Å². The van der Waals surface area contributed by atoms with Gasteiger partial charge >= 0.3 is 11.8 Å². The van der Waals surface area contributed by atoms with E-state index < -0.39 is 46.2 Å². The van der Waals surface area contributed by atoms with Crippen LogP contribution in [0.3, 0.4) is 0 Å². The van der Waals surface area contributed by atoms with E-state index in [-0.39, 0.29) is 27.9 Å². The van der Waals surface area contributed by atoms with Crippen LogP contribution >= 0.6 is 0 Å². The molecule has 2 aromatic carbocycles. The fourth-order valence-corrected chi connectivity index (χ4v) is 3.33. The van der Waals surface area contributed by atoms with E-state index in [0.29, 0.717) is 0 Å². The van der Waals surface area contributed by atoms with Crippen LogP contribution in [0.4, 0.5) is 13.2 Å². The van der Waals surface area contributed by atoms with E-state index in [9.17, 15) is 27.9 Å². The number of carbonyl (C=O) groups is 1. The zero-order valence-corrected chi connectivity index (χ0v) is 19.0. The molecule has 0 bridgehead atoms. The van der Waals surface area contributed by atoms with Crippen LogP contribution in [0, 0.1) is 0 Å². The smallest absolute Gasteiger partial charge is 0.416 e. The van der Waals surface area contributed by atoms with Gasteiger partial charge in [-0.1, -0.05) is 30.8 Å². The Labute approximate surface area is 193 Å². The topological polar surface area (TPSA) is 88.8 Å². The molecule has 2 N–H and O–H groups in total. The van der Waals surface area contributed by atoms with Crippen molar-refractivity contribution < 1.29 is 32.2 Å². The molecule has 0 aliphatic carbocycles. The summed E-state index contributed by atoms with van der Waals surface area (Å²) < 4.78 is 50.4. The molecule has 0 unspecified atom stereocenters. The Morgan fingerprint density at radius 3 is 2.41 bits per heavy atom. The maximum absolute atomic E-state index is 13.1. The summed E-state index contributed by atoms with van der Waals surface area (Å²) in [6.07, 6.45) is -4.56. The highest BCUT2D eigenvalue weighted by Crippen LogP contribution is 2.36. The van der Waals surface area contributed by atoms with Crippen LogP contribution < -0.4 is 10.9 Å². The fraction of sp³-hybridized carbons (Fsp3) is 0.280. The molecule has 9 heteroatoms. The molecule has 0 spiro atoms. The van der Waals surface area contributed by atoms with Crippen LogP contribution in [-0.2, 0) is 10.9 Å². The van der Waals surface area contributed by atoms with E-state index in [4.69, 9.17) is 9.15 Å². The summed E-state index contributed by atoms with van der Waals surface area (Å²) in [5, 5.41) is 13.3. The highest BCUT2D eigenvalue weighted by atomic mass is 19.4. The Morgan fingerprint density at radius 2 is 1.79 bits per heavy atom. The molecule has 34 heavy (non-hydrogen) atoms. The predicted octanol–water partition coefficient (Wildman–Crippen LogP) is 5.63. The lowest BCUT2D eigenvalue weighted by atomic mass is 9.99. The first-order valence-corrected chi connectivity index (χ1v) is 10.3. The SMILES string of the molecule is C=C(OC(C)(C)C)[C@H](C)NC(=O)c1c(O)c2cccc(-c3cccc(C(F)(F)F)c3)c2oc1=O. The first kappa shape index (κ1) is 24.9. The van der Waals surface area contributed by atoms with Gasteiger partial charge < -0.3 is 19.6 Å². The number of fused-ring (bicyclic) bond motifs is 1. The van der Waals surface area contributed by atoms with Crippen molar-refractivity contribution in [3.63, 3.8) is 0 Å². The fourth-order valence-electron chi connectivity index (χ4n) is 3.33. The molecule has 0 aliphatic heterocycles. The number of halogens is 3. The zero-order valence-electron chi connectivity index (χ0n) is 19.0. The second kappa shape index (κ2) is 8.89. The van der Waals surface area contributed by atoms with E-state index in [1.54, 1.807) is 27.7 Å². The number of benzene rings is 2. The molecule has 1 atom stereocenters. The highest BCUT2D eigenvalue weighted by molar-refractivity contribution is 6.04. The van der Waals surface area contributed by atoms with E-state index >= 15 is 0 Å². The van der Waals surface area contributed by atoms with Crippen molar-refractivity contribution in [2.24, 2.45) is 0 Å². The van der Waals surface area contributed by atoms with Gasteiger partial charge in [-0.15, -0.1) is 0 Å².